The summed E-state index contributed by atoms with van der Waals surface area (Å²) in [5.41, 5.74) is 4.28. The van der Waals surface area contributed by atoms with E-state index in [1.807, 2.05) is 54.6 Å². The van der Waals surface area contributed by atoms with Crippen molar-refractivity contribution in [2.75, 3.05) is 31.1 Å². The molecule has 28 heavy (non-hydrogen) atoms. The summed E-state index contributed by atoms with van der Waals surface area (Å²) in [4.78, 5) is 22.2. The lowest BCUT2D eigenvalue weighted by molar-refractivity contribution is 0.0748. The lowest BCUT2D eigenvalue weighted by Gasteiger charge is -2.36. The van der Waals surface area contributed by atoms with Gasteiger partial charge in [0.25, 0.3) is 5.91 Å². The number of carbonyl (C=O) groups excluding carboxylic acids is 1. The molecule has 1 fully saturated rings. The van der Waals surface area contributed by atoms with Crippen LogP contribution in [-0.2, 0) is 6.54 Å². The molecule has 0 bridgehead atoms. The highest BCUT2D eigenvalue weighted by Gasteiger charge is 2.26. The van der Waals surface area contributed by atoms with Crippen molar-refractivity contribution in [1.82, 2.24) is 19.7 Å². The van der Waals surface area contributed by atoms with Gasteiger partial charge in [0.1, 0.15) is 0 Å². The third-order valence-electron chi connectivity index (χ3n) is 5.28. The Morgan fingerprint density at radius 3 is 2.57 bits per heavy atom. The second kappa shape index (κ2) is 7.43. The summed E-state index contributed by atoms with van der Waals surface area (Å²) in [5.74, 6) is 0.0556. The fraction of sp³-hybridized carbons (Fsp3) is 0.381. The number of benzene rings is 1. The molecule has 3 aromatic rings. The normalized spacial score (nSPS) is 14.7. The number of carbonyl (C=O) groups is 1. The number of amides is 1. The van der Waals surface area contributed by atoms with E-state index in [2.05, 4.69) is 21.0 Å². The van der Waals surface area contributed by atoms with Crippen LogP contribution in [0.5, 0.6) is 0 Å². The van der Waals surface area contributed by atoms with Crippen LogP contribution >= 0.6 is 11.6 Å². The molecule has 0 saturated carbocycles. The molecule has 0 unspecified atom stereocenters. The minimum Gasteiger partial charge on any atom is -0.368 e. The fourth-order valence-corrected chi connectivity index (χ4v) is 4.06. The van der Waals surface area contributed by atoms with Gasteiger partial charge in [-0.05, 0) is 45.0 Å². The zero-order valence-corrected chi connectivity index (χ0v) is 17.2. The highest BCUT2D eigenvalue weighted by Crippen LogP contribution is 2.25. The van der Waals surface area contributed by atoms with E-state index in [1.165, 1.54) is 0 Å². The molecule has 0 spiro atoms. The molecule has 7 heteroatoms. The Morgan fingerprint density at radius 1 is 1.14 bits per heavy atom. The van der Waals surface area contributed by atoms with Gasteiger partial charge in [-0.15, -0.1) is 0 Å². The molecule has 2 aromatic heterocycles. The number of pyridine rings is 1. The Kier molecular flexibility index (Phi) is 4.98. The average Bonchev–Trinajstić information content (AvgIpc) is 3.02. The number of nitrogens with zero attached hydrogens (tertiary/aromatic N) is 5. The number of hydrogen-bond acceptors (Lipinski definition) is 4. The van der Waals surface area contributed by atoms with E-state index >= 15 is 0 Å². The predicted molar refractivity (Wildman–Crippen MR) is 112 cm³/mol. The van der Waals surface area contributed by atoms with Crippen molar-refractivity contribution in [3.63, 3.8) is 0 Å². The quantitative estimate of drug-likeness (QED) is 0.676. The molecule has 1 aromatic carbocycles. The predicted octanol–water partition coefficient (Wildman–Crippen LogP) is 3.68. The Balaban J connectivity index is 1.58. The summed E-state index contributed by atoms with van der Waals surface area (Å²) in [7, 11) is 0. The molecule has 0 N–H and O–H groups in total. The van der Waals surface area contributed by atoms with E-state index in [0.29, 0.717) is 18.7 Å². The van der Waals surface area contributed by atoms with Gasteiger partial charge in [-0.3, -0.25) is 4.79 Å². The van der Waals surface area contributed by atoms with Crippen LogP contribution in [0.2, 0.25) is 5.02 Å². The van der Waals surface area contributed by atoms with Crippen molar-refractivity contribution in [2.45, 2.75) is 27.3 Å². The Hall–Kier alpha value is -2.60. The third-order valence-corrected chi connectivity index (χ3v) is 5.51. The maximum Gasteiger partial charge on any atom is 0.254 e. The number of aryl methyl sites for hydroxylation is 3. The van der Waals surface area contributed by atoms with Gasteiger partial charge in [0.2, 0.25) is 0 Å². The van der Waals surface area contributed by atoms with Gasteiger partial charge in [-0.2, -0.15) is 5.10 Å². The molecule has 0 radical (unpaired) electrons. The van der Waals surface area contributed by atoms with Gasteiger partial charge < -0.3 is 9.80 Å². The second-order valence-electron chi connectivity index (χ2n) is 7.17. The highest BCUT2D eigenvalue weighted by atomic mass is 35.5. The number of halogens is 1. The summed E-state index contributed by atoms with van der Waals surface area (Å²) in [6.07, 6.45) is 0. The number of piperazine rings is 1. The zero-order valence-electron chi connectivity index (χ0n) is 16.4. The van der Waals surface area contributed by atoms with Crippen molar-refractivity contribution in [2.24, 2.45) is 0 Å². The molecule has 146 valence electrons. The number of anilines is 1. The monoisotopic (exact) mass is 397 g/mol. The van der Waals surface area contributed by atoms with E-state index in [4.69, 9.17) is 11.6 Å². The third kappa shape index (κ3) is 3.33. The molecule has 4 rings (SSSR count). The van der Waals surface area contributed by atoms with Crippen LogP contribution in [0.15, 0.2) is 30.3 Å². The number of hydrogen-bond donors (Lipinski definition) is 0. The van der Waals surface area contributed by atoms with Crippen molar-refractivity contribution >= 4 is 34.2 Å². The first-order chi connectivity index (χ1) is 13.5. The van der Waals surface area contributed by atoms with Gasteiger partial charge in [-0.25, -0.2) is 9.67 Å². The second-order valence-corrected chi connectivity index (χ2v) is 7.61. The number of rotatable bonds is 3. The average molecular weight is 398 g/mol. The van der Waals surface area contributed by atoms with Crippen LogP contribution in [0.25, 0.3) is 11.0 Å². The smallest absolute Gasteiger partial charge is 0.254 e. The number of aromatic nitrogens is 3. The maximum atomic E-state index is 13.3. The van der Waals surface area contributed by atoms with Crippen LogP contribution < -0.4 is 4.90 Å². The van der Waals surface area contributed by atoms with Crippen molar-refractivity contribution in [3.05, 3.63) is 52.3 Å². The first-order valence-corrected chi connectivity index (χ1v) is 10.00. The molecule has 0 atom stereocenters. The van der Waals surface area contributed by atoms with Gasteiger partial charge >= 0.3 is 0 Å². The van der Waals surface area contributed by atoms with E-state index in [9.17, 15) is 4.79 Å². The summed E-state index contributed by atoms with van der Waals surface area (Å²) >= 11 is 6.12. The van der Waals surface area contributed by atoms with Crippen LogP contribution in [0.4, 0.5) is 5.69 Å². The van der Waals surface area contributed by atoms with Crippen molar-refractivity contribution < 1.29 is 4.79 Å². The molecule has 1 aliphatic heterocycles. The van der Waals surface area contributed by atoms with E-state index in [1.54, 1.807) is 0 Å². The largest absolute Gasteiger partial charge is 0.368 e. The lowest BCUT2D eigenvalue weighted by atomic mass is 10.1. The molecular weight excluding hydrogens is 374 g/mol. The first kappa shape index (κ1) is 18.7. The van der Waals surface area contributed by atoms with Gasteiger partial charge in [0.15, 0.2) is 5.65 Å². The van der Waals surface area contributed by atoms with Crippen LogP contribution in [0.1, 0.15) is 28.7 Å². The minimum atomic E-state index is 0.0556. The Bertz CT molecular complexity index is 1040. The van der Waals surface area contributed by atoms with E-state index in [-0.39, 0.29) is 5.91 Å². The standard InChI is InChI=1S/C21H24ClN5O/c1-4-27-20-19(15(3)24-27)18(12-14(2)23-20)21(28)26-10-8-25(9-11-26)17-7-5-6-16(22)13-17/h5-7,12-13H,4,8-11H2,1-3H3. The zero-order chi connectivity index (χ0) is 19.8. The first-order valence-electron chi connectivity index (χ1n) is 9.62. The topological polar surface area (TPSA) is 54.3 Å². The number of fused-ring (bicyclic) bond motifs is 1. The lowest BCUT2D eigenvalue weighted by Crippen LogP contribution is -2.48. The van der Waals surface area contributed by atoms with Gasteiger partial charge in [-0.1, -0.05) is 17.7 Å². The van der Waals surface area contributed by atoms with E-state index < -0.39 is 0 Å². The highest BCUT2D eigenvalue weighted by molar-refractivity contribution is 6.30. The minimum absolute atomic E-state index is 0.0556. The van der Waals surface area contributed by atoms with E-state index in [0.717, 1.165) is 52.8 Å². The summed E-state index contributed by atoms with van der Waals surface area (Å²) in [5, 5.41) is 6.16. The molecule has 3 heterocycles. The molecule has 1 saturated heterocycles. The van der Waals surface area contributed by atoms with Crippen LogP contribution in [0, 0.1) is 13.8 Å². The van der Waals surface area contributed by atoms with Crippen molar-refractivity contribution in [3.8, 4) is 0 Å². The summed E-state index contributed by atoms with van der Waals surface area (Å²) in [6.45, 7) is 9.55. The summed E-state index contributed by atoms with van der Waals surface area (Å²) in [6, 6.07) is 9.75. The van der Waals surface area contributed by atoms with Gasteiger partial charge in [0.05, 0.1) is 16.6 Å². The SMILES string of the molecule is CCn1nc(C)c2c(C(=O)N3CCN(c4cccc(Cl)c4)CC3)cc(C)nc21. The maximum absolute atomic E-state index is 13.3. The van der Waals surface area contributed by atoms with Crippen molar-refractivity contribution in [1.29, 1.82) is 0 Å². The summed E-state index contributed by atoms with van der Waals surface area (Å²) < 4.78 is 1.87. The molecule has 0 aliphatic carbocycles. The van der Waals surface area contributed by atoms with Gasteiger partial charge in [0, 0.05) is 49.1 Å². The molecular formula is C21H24ClN5O. The Morgan fingerprint density at radius 2 is 1.89 bits per heavy atom. The van der Waals surface area contributed by atoms with Crippen LogP contribution in [-0.4, -0.2) is 51.8 Å². The Labute approximate surface area is 169 Å². The molecule has 1 amide bonds. The van der Waals surface area contributed by atoms with Crippen LogP contribution in [0.3, 0.4) is 0 Å². The fourth-order valence-electron chi connectivity index (χ4n) is 3.88. The molecule has 1 aliphatic rings. The molecule has 6 nitrogen and oxygen atoms in total.